The average molecular weight is 385 g/mol. The maximum absolute atomic E-state index is 12.8. The lowest BCUT2D eigenvalue weighted by molar-refractivity contribution is -0.384. The van der Waals surface area contributed by atoms with Crippen LogP contribution in [0, 0.1) is 10.1 Å². The van der Waals surface area contributed by atoms with Gasteiger partial charge >= 0.3 is 0 Å². The summed E-state index contributed by atoms with van der Waals surface area (Å²) in [6.07, 6.45) is 0. The molecule has 0 atom stereocenters. The Kier molecular flexibility index (Phi) is 6.44. The summed E-state index contributed by atoms with van der Waals surface area (Å²) in [5.41, 5.74) is 1.74. The number of nitrogens with one attached hydrogen (secondary N) is 1. The summed E-state index contributed by atoms with van der Waals surface area (Å²) >= 11 is 0. The van der Waals surface area contributed by atoms with Gasteiger partial charge in [0, 0.05) is 31.8 Å². The number of nitrogens with zero attached hydrogens (tertiary/aromatic N) is 2. The minimum atomic E-state index is -0.495. The van der Waals surface area contributed by atoms with Crippen LogP contribution in [0.5, 0.6) is 5.75 Å². The zero-order chi connectivity index (χ0) is 19.9. The molecule has 148 valence electrons. The van der Waals surface area contributed by atoms with E-state index in [2.05, 4.69) is 5.32 Å². The van der Waals surface area contributed by atoms with Gasteiger partial charge in [-0.25, -0.2) is 0 Å². The van der Waals surface area contributed by atoms with Crippen molar-refractivity contribution in [2.45, 2.75) is 13.5 Å². The first-order valence-electron chi connectivity index (χ1n) is 9.19. The number of nitro benzene ring substituents is 1. The van der Waals surface area contributed by atoms with E-state index >= 15 is 0 Å². The number of rotatable bonds is 7. The van der Waals surface area contributed by atoms with E-state index in [1.165, 1.54) is 12.1 Å². The predicted octanol–water partition coefficient (Wildman–Crippen LogP) is 2.76. The molecule has 0 spiro atoms. The lowest BCUT2D eigenvalue weighted by atomic mass is 10.1. The molecule has 1 saturated heterocycles. The zero-order valence-corrected chi connectivity index (χ0v) is 15.7. The van der Waals surface area contributed by atoms with Crippen LogP contribution >= 0.6 is 0 Å². The van der Waals surface area contributed by atoms with Gasteiger partial charge in [-0.15, -0.1) is 0 Å². The molecule has 0 bridgehead atoms. The van der Waals surface area contributed by atoms with E-state index < -0.39 is 4.92 Å². The molecule has 8 nitrogen and oxygen atoms in total. The number of carbonyl (C=O) groups is 1. The molecule has 2 aromatic rings. The van der Waals surface area contributed by atoms with Gasteiger partial charge in [0.25, 0.3) is 11.6 Å². The number of carbonyl (C=O) groups excluding carboxylic acids is 1. The van der Waals surface area contributed by atoms with E-state index in [4.69, 9.17) is 9.47 Å². The summed E-state index contributed by atoms with van der Waals surface area (Å²) in [6, 6.07) is 11.8. The molecular formula is C20H23N3O5. The van der Waals surface area contributed by atoms with Gasteiger partial charge in [0.2, 0.25) is 0 Å². The normalized spacial score (nSPS) is 13.8. The molecular weight excluding hydrogens is 362 g/mol. The fourth-order valence-corrected chi connectivity index (χ4v) is 3.09. The highest BCUT2D eigenvalue weighted by Crippen LogP contribution is 2.26. The highest BCUT2D eigenvalue weighted by Gasteiger charge is 2.22. The van der Waals surface area contributed by atoms with Crippen molar-refractivity contribution in [1.29, 1.82) is 0 Å². The lowest BCUT2D eigenvalue weighted by Crippen LogP contribution is -2.38. The Bertz CT molecular complexity index is 849. The van der Waals surface area contributed by atoms with E-state index in [1.807, 2.05) is 36.1 Å². The number of morpholine rings is 1. The number of hydrogen-bond acceptors (Lipinski definition) is 6. The number of benzene rings is 2. The third-order valence-electron chi connectivity index (χ3n) is 4.45. The fraction of sp³-hybridized carbons (Fsp3) is 0.350. The van der Waals surface area contributed by atoms with E-state index in [9.17, 15) is 14.9 Å². The standard InChI is InChI=1S/C20H23N3O5/c1-2-28-17-5-3-4-15(12-17)14-21-20(24)18-13-16(23(25)26)6-7-19(18)22-8-10-27-11-9-22/h3-7,12-13H,2,8-11,14H2,1H3,(H,21,24). The Morgan fingerprint density at radius 1 is 1.25 bits per heavy atom. The van der Waals surface area contributed by atoms with Gasteiger partial charge < -0.3 is 19.7 Å². The molecule has 1 aliphatic rings. The number of non-ortho nitro benzene ring substituents is 1. The van der Waals surface area contributed by atoms with Gasteiger partial charge in [-0.1, -0.05) is 12.1 Å². The summed E-state index contributed by atoms with van der Waals surface area (Å²) < 4.78 is 10.8. The number of anilines is 1. The average Bonchev–Trinajstić information content (AvgIpc) is 2.72. The highest BCUT2D eigenvalue weighted by atomic mass is 16.6. The van der Waals surface area contributed by atoms with E-state index in [0.29, 0.717) is 45.1 Å². The molecule has 0 saturated carbocycles. The van der Waals surface area contributed by atoms with Gasteiger partial charge in [0.1, 0.15) is 5.75 Å². The van der Waals surface area contributed by atoms with Gasteiger partial charge in [-0.3, -0.25) is 14.9 Å². The first-order chi connectivity index (χ1) is 13.6. The van der Waals surface area contributed by atoms with Crippen molar-refractivity contribution in [3.63, 3.8) is 0 Å². The first kappa shape index (κ1) is 19.6. The second-order valence-electron chi connectivity index (χ2n) is 6.32. The van der Waals surface area contributed by atoms with Crippen LogP contribution in [0.25, 0.3) is 0 Å². The molecule has 1 aliphatic heterocycles. The Morgan fingerprint density at radius 3 is 2.75 bits per heavy atom. The molecule has 0 radical (unpaired) electrons. The van der Waals surface area contributed by atoms with Crippen molar-refractivity contribution in [1.82, 2.24) is 5.32 Å². The minimum Gasteiger partial charge on any atom is -0.494 e. The molecule has 3 rings (SSSR count). The summed E-state index contributed by atoms with van der Waals surface area (Å²) in [6.45, 7) is 5.15. The molecule has 0 unspecified atom stereocenters. The van der Waals surface area contributed by atoms with Crippen LogP contribution in [0.1, 0.15) is 22.8 Å². The Balaban J connectivity index is 1.79. The first-order valence-corrected chi connectivity index (χ1v) is 9.19. The van der Waals surface area contributed by atoms with E-state index in [0.717, 1.165) is 11.3 Å². The van der Waals surface area contributed by atoms with Crippen LogP contribution in [0.2, 0.25) is 0 Å². The third kappa shape index (κ3) is 4.77. The highest BCUT2D eigenvalue weighted by molar-refractivity contribution is 6.00. The van der Waals surface area contributed by atoms with Crippen LogP contribution in [0.3, 0.4) is 0 Å². The summed E-state index contributed by atoms with van der Waals surface area (Å²) in [5, 5.41) is 14.0. The topological polar surface area (TPSA) is 93.9 Å². The predicted molar refractivity (Wildman–Crippen MR) is 105 cm³/mol. The third-order valence-corrected chi connectivity index (χ3v) is 4.45. The second kappa shape index (κ2) is 9.18. The SMILES string of the molecule is CCOc1cccc(CNC(=O)c2cc([N+](=O)[O-])ccc2N2CCOCC2)c1. The number of ether oxygens (including phenoxy) is 2. The number of hydrogen-bond donors (Lipinski definition) is 1. The lowest BCUT2D eigenvalue weighted by Gasteiger charge is -2.30. The molecule has 28 heavy (non-hydrogen) atoms. The molecule has 1 N–H and O–H groups in total. The van der Waals surface area contributed by atoms with Gasteiger partial charge in [-0.2, -0.15) is 0 Å². The molecule has 8 heteroatoms. The molecule has 1 amide bonds. The number of nitro groups is 1. The second-order valence-corrected chi connectivity index (χ2v) is 6.32. The van der Waals surface area contributed by atoms with Crippen molar-refractivity contribution in [2.24, 2.45) is 0 Å². The molecule has 0 aromatic heterocycles. The zero-order valence-electron chi connectivity index (χ0n) is 15.7. The van der Waals surface area contributed by atoms with Crippen molar-refractivity contribution >= 4 is 17.3 Å². The maximum Gasteiger partial charge on any atom is 0.270 e. The van der Waals surface area contributed by atoms with Gasteiger partial charge in [0.15, 0.2) is 0 Å². The Hall–Kier alpha value is -3.13. The van der Waals surface area contributed by atoms with Crippen molar-refractivity contribution in [2.75, 3.05) is 37.8 Å². The van der Waals surface area contributed by atoms with Crippen molar-refractivity contribution in [3.05, 3.63) is 63.7 Å². The largest absolute Gasteiger partial charge is 0.494 e. The minimum absolute atomic E-state index is 0.111. The van der Waals surface area contributed by atoms with Crippen LogP contribution in [0.15, 0.2) is 42.5 Å². The van der Waals surface area contributed by atoms with Crippen LogP contribution < -0.4 is 15.0 Å². The van der Waals surface area contributed by atoms with Gasteiger partial charge in [-0.05, 0) is 30.7 Å². The van der Waals surface area contributed by atoms with E-state index in [1.54, 1.807) is 6.07 Å². The smallest absolute Gasteiger partial charge is 0.270 e. The van der Waals surface area contributed by atoms with Crippen LogP contribution in [-0.2, 0) is 11.3 Å². The summed E-state index contributed by atoms with van der Waals surface area (Å²) in [5.74, 6) is 0.380. The summed E-state index contributed by atoms with van der Waals surface area (Å²) in [7, 11) is 0. The van der Waals surface area contributed by atoms with Crippen molar-refractivity contribution in [3.8, 4) is 5.75 Å². The quantitative estimate of drug-likeness (QED) is 0.582. The van der Waals surface area contributed by atoms with Gasteiger partial charge in [0.05, 0.1) is 36.0 Å². The summed E-state index contributed by atoms with van der Waals surface area (Å²) in [4.78, 5) is 25.5. The van der Waals surface area contributed by atoms with Crippen LogP contribution in [0.4, 0.5) is 11.4 Å². The van der Waals surface area contributed by atoms with Crippen LogP contribution in [-0.4, -0.2) is 43.7 Å². The molecule has 2 aromatic carbocycles. The Labute approximate surface area is 163 Å². The number of amides is 1. The molecule has 1 heterocycles. The fourth-order valence-electron chi connectivity index (χ4n) is 3.09. The van der Waals surface area contributed by atoms with E-state index in [-0.39, 0.29) is 17.2 Å². The molecule has 0 aliphatic carbocycles. The monoisotopic (exact) mass is 385 g/mol. The Morgan fingerprint density at radius 2 is 2.04 bits per heavy atom. The molecule has 1 fully saturated rings. The van der Waals surface area contributed by atoms with Crippen molar-refractivity contribution < 1.29 is 19.2 Å². The maximum atomic E-state index is 12.8.